The number of hydrogen-bond donors (Lipinski definition) is 0. The number of rotatable bonds is 5. The molecule has 1 aliphatic rings. The van der Waals surface area contributed by atoms with Crippen LogP contribution in [0.1, 0.15) is 38.2 Å². The van der Waals surface area contributed by atoms with Gasteiger partial charge in [-0.3, -0.25) is 4.79 Å². The quantitative estimate of drug-likeness (QED) is 0.780. The number of carbonyl (C=O) groups is 1. The van der Waals surface area contributed by atoms with Gasteiger partial charge in [-0.15, -0.1) is 0 Å². The molecule has 0 atom stereocenters. The molecule has 1 saturated carbocycles. The SMILES string of the molecule is COc1cccc(/C(C)=C/C(=O)N(C)C2CCC(OC)CC2)c1. The Bertz CT molecular complexity index is 559. The molecule has 1 aromatic carbocycles. The molecule has 0 spiro atoms. The fraction of sp³-hybridized carbons (Fsp3) is 0.526. The van der Waals surface area contributed by atoms with Crippen molar-refractivity contribution in [1.82, 2.24) is 4.90 Å². The molecule has 2 rings (SSSR count). The van der Waals surface area contributed by atoms with Gasteiger partial charge in [-0.1, -0.05) is 12.1 Å². The Labute approximate surface area is 139 Å². The fourth-order valence-corrected chi connectivity index (χ4v) is 3.09. The van der Waals surface area contributed by atoms with Crippen molar-refractivity contribution < 1.29 is 14.3 Å². The van der Waals surface area contributed by atoms with Crippen LogP contribution in [0.2, 0.25) is 0 Å². The molecule has 0 bridgehead atoms. The van der Waals surface area contributed by atoms with Gasteiger partial charge in [0.2, 0.25) is 5.91 Å². The van der Waals surface area contributed by atoms with E-state index in [2.05, 4.69) is 0 Å². The summed E-state index contributed by atoms with van der Waals surface area (Å²) in [5, 5.41) is 0. The Morgan fingerprint density at radius 1 is 1.22 bits per heavy atom. The van der Waals surface area contributed by atoms with E-state index in [9.17, 15) is 4.79 Å². The zero-order chi connectivity index (χ0) is 16.8. The molecule has 4 heteroatoms. The van der Waals surface area contributed by atoms with Gasteiger partial charge in [0.05, 0.1) is 13.2 Å². The first-order valence-electron chi connectivity index (χ1n) is 8.17. The Morgan fingerprint density at radius 2 is 1.91 bits per heavy atom. The van der Waals surface area contributed by atoms with Gasteiger partial charge in [0, 0.05) is 26.3 Å². The Morgan fingerprint density at radius 3 is 2.52 bits per heavy atom. The van der Waals surface area contributed by atoms with Crippen molar-refractivity contribution in [3.05, 3.63) is 35.9 Å². The van der Waals surface area contributed by atoms with E-state index < -0.39 is 0 Å². The van der Waals surface area contributed by atoms with E-state index in [-0.39, 0.29) is 5.91 Å². The van der Waals surface area contributed by atoms with Crippen LogP contribution >= 0.6 is 0 Å². The highest BCUT2D eigenvalue weighted by Gasteiger charge is 2.25. The highest BCUT2D eigenvalue weighted by Crippen LogP contribution is 2.25. The Hall–Kier alpha value is -1.81. The fourth-order valence-electron chi connectivity index (χ4n) is 3.09. The number of carbonyl (C=O) groups excluding carboxylic acids is 1. The molecule has 4 nitrogen and oxygen atoms in total. The van der Waals surface area contributed by atoms with Crippen LogP contribution in [-0.2, 0) is 9.53 Å². The first-order chi connectivity index (χ1) is 11.0. The molecule has 0 saturated heterocycles. The largest absolute Gasteiger partial charge is 0.497 e. The van der Waals surface area contributed by atoms with E-state index in [0.29, 0.717) is 12.1 Å². The van der Waals surface area contributed by atoms with Crippen LogP contribution in [0.15, 0.2) is 30.3 Å². The van der Waals surface area contributed by atoms with Crippen LogP contribution < -0.4 is 4.74 Å². The summed E-state index contributed by atoms with van der Waals surface area (Å²) in [6, 6.07) is 8.09. The summed E-state index contributed by atoms with van der Waals surface area (Å²) in [6.07, 6.45) is 6.13. The summed E-state index contributed by atoms with van der Waals surface area (Å²) in [7, 11) is 5.31. The van der Waals surface area contributed by atoms with Gasteiger partial charge >= 0.3 is 0 Å². The first kappa shape index (κ1) is 17.5. The predicted molar refractivity (Wildman–Crippen MR) is 92.5 cm³/mol. The van der Waals surface area contributed by atoms with E-state index in [1.165, 1.54) is 0 Å². The summed E-state index contributed by atoms with van der Waals surface area (Å²) in [5.41, 5.74) is 1.96. The summed E-state index contributed by atoms with van der Waals surface area (Å²) in [5.74, 6) is 0.861. The highest BCUT2D eigenvalue weighted by molar-refractivity contribution is 5.95. The Kier molecular flexibility index (Phi) is 6.22. The van der Waals surface area contributed by atoms with Gasteiger partial charge in [0.15, 0.2) is 0 Å². The van der Waals surface area contributed by atoms with E-state index in [4.69, 9.17) is 9.47 Å². The minimum absolute atomic E-state index is 0.0613. The van der Waals surface area contributed by atoms with Gasteiger partial charge in [-0.2, -0.15) is 0 Å². The molecule has 1 aromatic rings. The van der Waals surface area contributed by atoms with E-state index in [1.807, 2.05) is 43.1 Å². The summed E-state index contributed by atoms with van der Waals surface area (Å²) in [4.78, 5) is 14.4. The predicted octanol–water partition coefficient (Wildman–Crippen LogP) is 3.51. The number of ether oxygens (including phenoxy) is 2. The van der Waals surface area contributed by atoms with Crippen LogP contribution in [0.3, 0.4) is 0 Å². The molecule has 1 aliphatic carbocycles. The second-order valence-electron chi connectivity index (χ2n) is 6.17. The third kappa shape index (κ3) is 4.58. The summed E-state index contributed by atoms with van der Waals surface area (Å²) < 4.78 is 10.6. The minimum Gasteiger partial charge on any atom is -0.497 e. The van der Waals surface area contributed by atoms with Crippen molar-refractivity contribution in [2.75, 3.05) is 21.3 Å². The molecule has 1 amide bonds. The molecule has 0 N–H and O–H groups in total. The standard InChI is InChI=1S/C19H27NO3/c1-14(15-6-5-7-18(13-15)23-4)12-19(21)20(2)16-8-10-17(22-3)11-9-16/h5-7,12-13,16-17H,8-11H2,1-4H3/b14-12+. The summed E-state index contributed by atoms with van der Waals surface area (Å²) >= 11 is 0. The van der Waals surface area contributed by atoms with Gasteiger partial charge in [0.25, 0.3) is 0 Å². The van der Waals surface area contributed by atoms with E-state index in [0.717, 1.165) is 42.6 Å². The smallest absolute Gasteiger partial charge is 0.246 e. The maximum absolute atomic E-state index is 12.5. The molecule has 0 radical (unpaired) electrons. The van der Waals surface area contributed by atoms with Crippen molar-refractivity contribution in [3.63, 3.8) is 0 Å². The van der Waals surface area contributed by atoms with Crippen LogP contribution in [0.5, 0.6) is 5.75 Å². The van der Waals surface area contributed by atoms with Crippen molar-refractivity contribution in [2.24, 2.45) is 0 Å². The Balaban J connectivity index is 2.01. The average Bonchev–Trinajstić information content (AvgIpc) is 2.61. The lowest BCUT2D eigenvalue weighted by molar-refractivity contribution is -0.127. The molecule has 0 unspecified atom stereocenters. The molecule has 0 aliphatic heterocycles. The minimum atomic E-state index is 0.0613. The molecule has 0 aromatic heterocycles. The first-order valence-corrected chi connectivity index (χ1v) is 8.17. The van der Waals surface area contributed by atoms with E-state index in [1.54, 1.807) is 20.3 Å². The number of likely N-dealkylation sites (N-methyl/N-ethyl adjacent to an activating group) is 1. The monoisotopic (exact) mass is 317 g/mol. The van der Waals surface area contributed by atoms with Crippen molar-refractivity contribution >= 4 is 11.5 Å². The number of methoxy groups -OCH3 is 2. The number of nitrogens with zero attached hydrogens (tertiary/aromatic N) is 1. The number of amides is 1. The molecule has 1 fully saturated rings. The molecular formula is C19H27NO3. The van der Waals surface area contributed by atoms with Gasteiger partial charge in [0.1, 0.15) is 5.75 Å². The van der Waals surface area contributed by atoms with Crippen LogP contribution in [0.4, 0.5) is 0 Å². The molecule has 0 heterocycles. The normalized spacial score (nSPS) is 21.8. The zero-order valence-electron chi connectivity index (χ0n) is 14.5. The number of benzene rings is 1. The third-order valence-electron chi connectivity index (χ3n) is 4.74. The van der Waals surface area contributed by atoms with Crippen molar-refractivity contribution in [3.8, 4) is 5.75 Å². The summed E-state index contributed by atoms with van der Waals surface area (Å²) in [6.45, 7) is 1.96. The lowest BCUT2D eigenvalue weighted by atomic mass is 9.92. The average molecular weight is 317 g/mol. The number of hydrogen-bond acceptors (Lipinski definition) is 3. The van der Waals surface area contributed by atoms with Crippen LogP contribution in [0, 0.1) is 0 Å². The van der Waals surface area contributed by atoms with E-state index >= 15 is 0 Å². The number of allylic oxidation sites excluding steroid dienone is 1. The maximum Gasteiger partial charge on any atom is 0.246 e. The lowest BCUT2D eigenvalue weighted by Gasteiger charge is -2.33. The van der Waals surface area contributed by atoms with Crippen LogP contribution in [-0.4, -0.2) is 44.2 Å². The molecule has 23 heavy (non-hydrogen) atoms. The molecular weight excluding hydrogens is 290 g/mol. The maximum atomic E-state index is 12.5. The highest BCUT2D eigenvalue weighted by atomic mass is 16.5. The van der Waals surface area contributed by atoms with Gasteiger partial charge in [-0.25, -0.2) is 0 Å². The second-order valence-corrected chi connectivity index (χ2v) is 6.17. The molecule has 126 valence electrons. The zero-order valence-corrected chi connectivity index (χ0v) is 14.5. The van der Waals surface area contributed by atoms with Gasteiger partial charge < -0.3 is 14.4 Å². The van der Waals surface area contributed by atoms with Gasteiger partial charge in [-0.05, 0) is 55.9 Å². The van der Waals surface area contributed by atoms with Crippen molar-refractivity contribution in [1.29, 1.82) is 0 Å². The van der Waals surface area contributed by atoms with Crippen molar-refractivity contribution in [2.45, 2.75) is 44.8 Å². The topological polar surface area (TPSA) is 38.8 Å². The lowest BCUT2D eigenvalue weighted by Crippen LogP contribution is -2.39. The van der Waals surface area contributed by atoms with Crippen LogP contribution in [0.25, 0.3) is 5.57 Å². The second kappa shape index (κ2) is 8.16. The third-order valence-corrected chi connectivity index (χ3v) is 4.74.